The minimum Gasteiger partial charge on any atom is -0.357 e. The van der Waals surface area contributed by atoms with Gasteiger partial charge in [0.15, 0.2) is 0 Å². The molecule has 1 heterocycles. The first-order chi connectivity index (χ1) is 11.9. The molecule has 5 heteroatoms. The van der Waals surface area contributed by atoms with Crippen LogP contribution in [0.1, 0.15) is 30.2 Å². The van der Waals surface area contributed by atoms with E-state index in [1.54, 1.807) is 17.4 Å². The van der Waals surface area contributed by atoms with Gasteiger partial charge in [-0.1, -0.05) is 18.7 Å². The Morgan fingerprint density at radius 3 is 2.60 bits per heavy atom. The van der Waals surface area contributed by atoms with Crippen molar-refractivity contribution in [3.8, 4) is 0 Å². The Balaban J connectivity index is 2.93. The number of nitrogens with zero attached hydrogens (tertiary/aromatic N) is 2. The number of hydrogen-bond acceptors (Lipinski definition) is 4. The molecule has 0 aromatic carbocycles. The second kappa shape index (κ2) is 10.9. The Hall–Kier alpha value is -1.85. The second-order valence-electron chi connectivity index (χ2n) is 6.20. The molecule has 0 aliphatic heterocycles. The molecule has 1 rings (SSSR count). The van der Waals surface area contributed by atoms with Gasteiger partial charge in [0, 0.05) is 23.7 Å². The Kier molecular flexibility index (Phi) is 9.24. The highest BCUT2D eigenvalue weighted by Crippen LogP contribution is 2.30. The normalized spacial score (nSPS) is 11.5. The van der Waals surface area contributed by atoms with E-state index in [9.17, 15) is 0 Å². The first-order valence-corrected chi connectivity index (χ1v) is 9.54. The minimum absolute atomic E-state index is 0.584. The molecule has 0 saturated carbocycles. The van der Waals surface area contributed by atoms with Gasteiger partial charge in [-0.2, -0.15) is 0 Å². The fraction of sp³-hybridized carbons (Fsp3) is 0.450. The molecule has 1 aromatic rings. The first kappa shape index (κ1) is 21.2. The Bertz CT molecular complexity index is 613. The van der Waals surface area contributed by atoms with Crippen LogP contribution in [0.2, 0.25) is 0 Å². The van der Waals surface area contributed by atoms with Crippen molar-refractivity contribution in [3.05, 3.63) is 53.6 Å². The summed E-state index contributed by atoms with van der Waals surface area (Å²) in [5, 5.41) is 13.1. The predicted molar refractivity (Wildman–Crippen MR) is 113 cm³/mol. The molecular formula is C20H32N4S. The zero-order valence-corrected chi connectivity index (χ0v) is 16.9. The van der Waals surface area contributed by atoms with E-state index in [-0.39, 0.29) is 0 Å². The lowest BCUT2D eigenvalue weighted by atomic mass is 10.2. The lowest BCUT2D eigenvalue weighted by Gasteiger charge is -2.24. The number of allylic oxidation sites excluding steroid dienone is 3. The standard InChI is InChI=1S/C20H32N4S/c1-7-10-12-17(8-2)22-20-18(15-16(4)25-20)19(21)24(9-3)14-11-13-23(5)6/h7-8,12,15,21-22H,1-2,9-11,13-14H2,3-6H3. The summed E-state index contributed by atoms with van der Waals surface area (Å²) in [4.78, 5) is 5.51. The molecule has 0 aliphatic carbocycles. The van der Waals surface area contributed by atoms with E-state index in [0.29, 0.717) is 5.84 Å². The summed E-state index contributed by atoms with van der Waals surface area (Å²) < 4.78 is 0. The fourth-order valence-corrected chi connectivity index (χ4v) is 3.42. The lowest BCUT2D eigenvalue weighted by molar-refractivity contribution is 0.354. The Morgan fingerprint density at radius 2 is 2.04 bits per heavy atom. The van der Waals surface area contributed by atoms with Gasteiger partial charge < -0.3 is 15.1 Å². The quantitative estimate of drug-likeness (QED) is 0.260. The molecule has 25 heavy (non-hydrogen) atoms. The maximum atomic E-state index is 8.68. The summed E-state index contributed by atoms with van der Waals surface area (Å²) in [7, 11) is 4.16. The summed E-state index contributed by atoms with van der Waals surface area (Å²) in [6.07, 6.45) is 7.55. The maximum Gasteiger partial charge on any atom is 0.131 e. The molecule has 0 fully saturated rings. The van der Waals surface area contributed by atoms with Gasteiger partial charge in [-0.3, -0.25) is 5.41 Å². The lowest BCUT2D eigenvalue weighted by Crippen LogP contribution is -2.33. The van der Waals surface area contributed by atoms with Crippen molar-refractivity contribution in [3.63, 3.8) is 0 Å². The third kappa shape index (κ3) is 6.88. The van der Waals surface area contributed by atoms with E-state index in [1.807, 2.05) is 6.08 Å². The zero-order valence-electron chi connectivity index (χ0n) is 16.1. The van der Waals surface area contributed by atoms with Gasteiger partial charge in [-0.25, -0.2) is 0 Å². The van der Waals surface area contributed by atoms with E-state index in [0.717, 1.165) is 48.7 Å². The average Bonchev–Trinajstić information content (AvgIpc) is 2.95. The molecule has 0 spiro atoms. The molecule has 0 radical (unpaired) electrons. The number of nitrogens with one attached hydrogen (secondary N) is 2. The highest BCUT2D eigenvalue weighted by molar-refractivity contribution is 7.16. The number of aryl methyl sites for hydroxylation is 1. The molecule has 0 aliphatic rings. The molecule has 0 saturated heterocycles. The van der Waals surface area contributed by atoms with E-state index in [4.69, 9.17) is 5.41 Å². The number of rotatable bonds is 11. The topological polar surface area (TPSA) is 42.4 Å². The fourth-order valence-electron chi connectivity index (χ4n) is 2.49. The van der Waals surface area contributed by atoms with Crippen LogP contribution in [0.25, 0.3) is 0 Å². The van der Waals surface area contributed by atoms with E-state index in [2.05, 4.69) is 68.4 Å². The molecule has 0 atom stereocenters. The van der Waals surface area contributed by atoms with Crippen molar-refractivity contribution in [2.75, 3.05) is 39.0 Å². The highest BCUT2D eigenvalue weighted by atomic mass is 32.1. The van der Waals surface area contributed by atoms with Crippen LogP contribution in [0, 0.1) is 12.3 Å². The van der Waals surface area contributed by atoms with Gasteiger partial charge in [0.25, 0.3) is 0 Å². The van der Waals surface area contributed by atoms with Crippen LogP contribution in [0.15, 0.2) is 43.1 Å². The number of amidine groups is 1. The largest absolute Gasteiger partial charge is 0.357 e. The molecule has 0 unspecified atom stereocenters. The minimum atomic E-state index is 0.584. The van der Waals surface area contributed by atoms with Gasteiger partial charge in [0.1, 0.15) is 10.8 Å². The summed E-state index contributed by atoms with van der Waals surface area (Å²) in [6.45, 7) is 14.6. The van der Waals surface area contributed by atoms with Crippen molar-refractivity contribution < 1.29 is 0 Å². The van der Waals surface area contributed by atoms with Crippen LogP contribution in [-0.2, 0) is 0 Å². The van der Waals surface area contributed by atoms with Gasteiger partial charge in [-0.15, -0.1) is 17.9 Å². The van der Waals surface area contributed by atoms with Crippen molar-refractivity contribution in [1.82, 2.24) is 9.80 Å². The third-order valence-electron chi connectivity index (χ3n) is 3.82. The summed E-state index contributed by atoms with van der Waals surface area (Å²) in [5.74, 6) is 0.584. The number of anilines is 1. The first-order valence-electron chi connectivity index (χ1n) is 8.72. The predicted octanol–water partition coefficient (Wildman–Crippen LogP) is 4.71. The highest BCUT2D eigenvalue weighted by Gasteiger charge is 2.17. The molecule has 0 amide bonds. The van der Waals surface area contributed by atoms with E-state index >= 15 is 0 Å². The van der Waals surface area contributed by atoms with E-state index in [1.165, 1.54) is 4.88 Å². The Labute approximate surface area is 157 Å². The third-order valence-corrected chi connectivity index (χ3v) is 4.79. The van der Waals surface area contributed by atoms with Gasteiger partial charge in [-0.05, 0) is 59.5 Å². The van der Waals surface area contributed by atoms with Gasteiger partial charge in [0.2, 0.25) is 0 Å². The summed E-state index contributed by atoms with van der Waals surface area (Å²) >= 11 is 1.68. The average molecular weight is 361 g/mol. The van der Waals surface area contributed by atoms with Crippen molar-refractivity contribution in [1.29, 1.82) is 5.41 Å². The number of hydrogen-bond donors (Lipinski definition) is 2. The molecule has 2 N–H and O–H groups in total. The van der Waals surface area contributed by atoms with Gasteiger partial charge in [0.05, 0.1) is 5.56 Å². The van der Waals surface area contributed by atoms with Crippen molar-refractivity contribution in [2.24, 2.45) is 0 Å². The SMILES string of the molecule is C=CCC=C(C=C)Nc1sc(C)cc1C(=N)N(CC)CCCN(C)C. The van der Waals surface area contributed by atoms with Crippen molar-refractivity contribution >= 4 is 22.2 Å². The molecule has 1 aromatic heterocycles. The number of thiophene rings is 1. The van der Waals surface area contributed by atoms with Gasteiger partial charge >= 0.3 is 0 Å². The maximum absolute atomic E-state index is 8.68. The molecule has 0 bridgehead atoms. The molecule has 4 nitrogen and oxygen atoms in total. The van der Waals surface area contributed by atoms with Crippen LogP contribution >= 0.6 is 11.3 Å². The molecular weight excluding hydrogens is 328 g/mol. The van der Waals surface area contributed by atoms with Crippen LogP contribution in [0.5, 0.6) is 0 Å². The van der Waals surface area contributed by atoms with E-state index < -0.39 is 0 Å². The smallest absolute Gasteiger partial charge is 0.131 e. The van der Waals surface area contributed by atoms with Crippen molar-refractivity contribution in [2.45, 2.75) is 26.7 Å². The van der Waals surface area contributed by atoms with Crippen LogP contribution in [-0.4, -0.2) is 49.4 Å². The second-order valence-corrected chi connectivity index (χ2v) is 7.45. The van der Waals surface area contributed by atoms with Crippen LogP contribution in [0.4, 0.5) is 5.00 Å². The summed E-state index contributed by atoms with van der Waals surface area (Å²) in [6, 6.07) is 2.10. The monoisotopic (exact) mass is 360 g/mol. The zero-order chi connectivity index (χ0) is 18.8. The summed E-state index contributed by atoms with van der Waals surface area (Å²) in [5.41, 5.74) is 1.91. The van der Waals surface area contributed by atoms with Crippen LogP contribution in [0.3, 0.4) is 0 Å². The molecule has 138 valence electrons. The van der Waals surface area contributed by atoms with Crippen LogP contribution < -0.4 is 5.32 Å². The Morgan fingerprint density at radius 1 is 1.32 bits per heavy atom.